The molecule has 96 valence electrons. The number of hydrogen-bond donors (Lipinski definition) is 0. The summed E-state index contributed by atoms with van der Waals surface area (Å²) in [5.74, 6) is 0.782. The van der Waals surface area contributed by atoms with Gasteiger partial charge in [-0.25, -0.2) is 12.7 Å². The van der Waals surface area contributed by atoms with Crippen molar-refractivity contribution in [2.45, 2.75) is 4.90 Å². The fourth-order valence-corrected chi connectivity index (χ4v) is 4.64. The monoisotopic (exact) mass is 401 g/mol. The van der Waals surface area contributed by atoms with Crippen molar-refractivity contribution < 1.29 is 8.42 Å². The molecule has 17 heavy (non-hydrogen) atoms. The summed E-state index contributed by atoms with van der Waals surface area (Å²) >= 11 is 8.20. The lowest BCUT2D eigenvalue weighted by molar-refractivity contribution is 0.488. The van der Waals surface area contributed by atoms with Crippen LogP contribution in [0.15, 0.2) is 32.0 Å². The Morgan fingerprint density at radius 1 is 1.35 bits per heavy atom. The number of sulfonamides is 1. The van der Waals surface area contributed by atoms with Crippen molar-refractivity contribution in [1.29, 1.82) is 0 Å². The smallest absolute Gasteiger partial charge is 0.207 e. The highest BCUT2D eigenvalue weighted by atomic mass is 79.9. The van der Waals surface area contributed by atoms with Gasteiger partial charge in [0.15, 0.2) is 0 Å². The van der Waals surface area contributed by atoms with Crippen LogP contribution in [-0.2, 0) is 10.0 Å². The third-order valence-electron chi connectivity index (χ3n) is 2.19. The van der Waals surface area contributed by atoms with Crippen LogP contribution in [0.4, 0.5) is 0 Å². The molecule has 0 saturated heterocycles. The topological polar surface area (TPSA) is 37.4 Å². The Bertz CT molecular complexity index is 491. The van der Waals surface area contributed by atoms with Crippen LogP contribution in [0.1, 0.15) is 0 Å². The Labute approximate surface area is 123 Å². The zero-order chi connectivity index (χ0) is 13.1. The van der Waals surface area contributed by atoms with Crippen molar-refractivity contribution in [2.75, 3.05) is 25.6 Å². The van der Waals surface area contributed by atoms with E-state index in [1.54, 1.807) is 37.0 Å². The van der Waals surface area contributed by atoms with E-state index in [1.165, 1.54) is 4.31 Å². The first kappa shape index (κ1) is 15.5. The van der Waals surface area contributed by atoms with Gasteiger partial charge in [-0.05, 0) is 40.4 Å². The summed E-state index contributed by atoms with van der Waals surface area (Å²) in [5, 5.41) is 0. The number of thioether (sulfide) groups is 1. The second-order valence-electron chi connectivity index (χ2n) is 3.39. The van der Waals surface area contributed by atoms with E-state index >= 15 is 0 Å². The predicted octanol–water partition coefficient (Wildman–Crippen LogP) is 3.20. The lowest BCUT2D eigenvalue weighted by Gasteiger charge is -2.17. The minimum absolute atomic E-state index is 0.296. The van der Waals surface area contributed by atoms with Crippen LogP contribution in [0.5, 0.6) is 0 Å². The molecule has 0 fully saturated rings. The molecule has 0 unspecified atom stereocenters. The van der Waals surface area contributed by atoms with Gasteiger partial charge in [-0.2, -0.15) is 11.8 Å². The molecule has 7 heteroatoms. The zero-order valence-electron chi connectivity index (χ0n) is 9.48. The van der Waals surface area contributed by atoms with Gasteiger partial charge in [-0.1, -0.05) is 15.9 Å². The summed E-state index contributed by atoms with van der Waals surface area (Å²) in [7, 11) is -1.81. The maximum atomic E-state index is 12.2. The molecular weight excluding hydrogens is 390 g/mol. The Morgan fingerprint density at radius 3 is 2.53 bits per heavy atom. The lowest BCUT2D eigenvalue weighted by Crippen LogP contribution is -2.29. The molecule has 0 N–H and O–H groups in total. The Balaban J connectivity index is 3.04. The first-order valence-corrected chi connectivity index (χ1v) is 9.22. The Kier molecular flexibility index (Phi) is 5.98. The van der Waals surface area contributed by atoms with Gasteiger partial charge in [0.2, 0.25) is 10.0 Å². The summed E-state index contributed by atoms with van der Waals surface area (Å²) in [6.07, 6.45) is 1.95. The van der Waals surface area contributed by atoms with E-state index in [2.05, 4.69) is 31.9 Å². The molecule has 0 heterocycles. The summed E-state index contributed by atoms with van der Waals surface area (Å²) in [4.78, 5) is 0.296. The molecule has 0 saturated carbocycles. The summed E-state index contributed by atoms with van der Waals surface area (Å²) in [5.41, 5.74) is 0. The Morgan fingerprint density at radius 2 is 2.00 bits per heavy atom. The van der Waals surface area contributed by atoms with Gasteiger partial charge in [0.05, 0.1) is 4.90 Å². The van der Waals surface area contributed by atoms with Crippen LogP contribution in [0.25, 0.3) is 0 Å². The second kappa shape index (κ2) is 6.56. The number of nitrogens with zero attached hydrogens (tertiary/aromatic N) is 1. The highest BCUT2D eigenvalue weighted by Crippen LogP contribution is 2.27. The van der Waals surface area contributed by atoms with Crippen LogP contribution in [-0.4, -0.2) is 38.3 Å². The molecule has 0 aliphatic carbocycles. The van der Waals surface area contributed by atoms with Gasteiger partial charge in [0.25, 0.3) is 0 Å². The SMILES string of the molecule is CSCCN(C)S(=O)(=O)c1ccc(Br)cc1Br. The molecule has 1 aromatic carbocycles. The largest absolute Gasteiger partial charge is 0.243 e. The van der Waals surface area contributed by atoms with Crippen molar-refractivity contribution in [1.82, 2.24) is 4.31 Å². The van der Waals surface area contributed by atoms with E-state index in [0.29, 0.717) is 15.9 Å². The van der Waals surface area contributed by atoms with E-state index in [0.717, 1.165) is 10.2 Å². The molecule has 0 amide bonds. The van der Waals surface area contributed by atoms with E-state index in [1.807, 2.05) is 6.26 Å². The normalized spacial score (nSPS) is 12.1. The predicted molar refractivity (Wildman–Crippen MR) is 80.0 cm³/mol. The molecule has 0 aromatic heterocycles. The van der Waals surface area contributed by atoms with Crippen LogP contribution in [0.3, 0.4) is 0 Å². The van der Waals surface area contributed by atoms with Crippen LogP contribution in [0, 0.1) is 0 Å². The minimum atomic E-state index is -3.41. The molecule has 1 rings (SSSR count). The Hall–Kier alpha value is 0.440. The van der Waals surface area contributed by atoms with Crippen LogP contribution in [0.2, 0.25) is 0 Å². The van der Waals surface area contributed by atoms with Gasteiger partial charge >= 0.3 is 0 Å². The molecule has 0 aliphatic heterocycles. The zero-order valence-corrected chi connectivity index (χ0v) is 14.3. The van der Waals surface area contributed by atoms with Gasteiger partial charge in [0, 0.05) is 28.3 Å². The standard InChI is InChI=1S/C10H13Br2NO2S2/c1-13(5-6-16-2)17(14,15)10-4-3-8(11)7-9(10)12/h3-4,7H,5-6H2,1-2H3. The van der Waals surface area contributed by atoms with E-state index in [9.17, 15) is 8.42 Å². The summed E-state index contributed by atoms with van der Waals surface area (Å²) in [6.45, 7) is 0.506. The highest BCUT2D eigenvalue weighted by molar-refractivity contribution is 9.11. The summed E-state index contributed by atoms with van der Waals surface area (Å²) < 4.78 is 27.3. The van der Waals surface area contributed by atoms with Crippen molar-refractivity contribution in [2.24, 2.45) is 0 Å². The molecule has 3 nitrogen and oxygen atoms in total. The van der Waals surface area contributed by atoms with E-state index in [4.69, 9.17) is 0 Å². The first-order valence-electron chi connectivity index (χ1n) is 4.80. The average Bonchev–Trinajstić information content (AvgIpc) is 2.25. The van der Waals surface area contributed by atoms with Gasteiger partial charge in [-0.15, -0.1) is 0 Å². The molecule has 0 radical (unpaired) electrons. The molecule has 0 spiro atoms. The third-order valence-corrected chi connectivity index (χ3v) is 6.11. The van der Waals surface area contributed by atoms with Crippen molar-refractivity contribution in [3.63, 3.8) is 0 Å². The van der Waals surface area contributed by atoms with Gasteiger partial charge in [0.1, 0.15) is 0 Å². The van der Waals surface area contributed by atoms with Crippen molar-refractivity contribution in [3.8, 4) is 0 Å². The van der Waals surface area contributed by atoms with Crippen molar-refractivity contribution in [3.05, 3.63) is 27.1 Å². The number of benzene rings is 1. The number of hydrogen-bond acceptors (Lipinski definition) is 3. The van der Waals surface area contributed by atoms with Crippen molar-refractivity contribution >= 4 is 53.6 Å². The fourth-order valence-electron chi connectivity index (χ4n) is 1.19. The first-order chi connectivity index (χ1) is 7.89. The second-order valence-corrected chi connectivity index (χ2v) is 8.16. The fraction of sp³-hybridized carbons (Fsp3) is 0.400. The van der Waals surface area contributed by atoms with Gasteiger partial charge < -0.3 is 0 Å². The molecule has 0 aliphatic rings. The summed E-state index contributed by atoms with van der Waals surface area (Å²) in [6, 6.07) is 5.05. The van der Waals surface area contributed by atoms with E-state index < -0.39 is 10.0 Å². The molecular formula is C10H13Br2NO2S2. The average molecular weight is 403 g/mol. The van der Waals surface area contributed by atoms with E-state index in [-0.39, 0.29) is 0 Å². The molecule has 1 aromatic rings. The maximum Gasteiger partial charge on any atom is 0.243 e. The maximum absolute atomic E-state index is 12.2. The molecule has 0 atom stereocenters. The lowest BCUT2D eigenvalue weighted by atomic mass is 10.4. The van der Waals surface area contributed by atoms with Crippen LogP contribution < -0.4 is 0 Å². The van der Waals surface area contributed by atoms with Crippen LogP contribution >= 0.6 is 43.6 Å². The number of halogens is 2. The highest BCUT2D eigenvalue weighted by Gasteiger charge is 2.22. The third kappa shape index (κ3) is 3.96. The number of rotatable bonds is 5. The molecule has 0 bridgehead atoms. The minimum Gasteiger partial charge on any atom is -0.207 e. The quantitative estimate of drug-likeness (QED) is 0.758. The van der Waals surface area contributed by atoms with Gasteiger partial charge in [-0.3, -0.25) is 0 Å².